The van der Waals surface area contributed by atoms with Gasteiger partial charge in [0.05, 0.1) is 0 Å². The molecule has 0 heterocycles. The standard InChI is InChI=1S/C16H26O3/c17-16(18,19)14-10-5-3-1-2-4-7-11-15-12-8-6-9-13-15/h6,8-9,12-13,17-19H,1-5,7,10-11,14H2. The molecule has 3 nitrogen and oxygen atoms in total. The van der Waals surface area contributed by atoms with Gasteiger partial charge < -0.3 is 15.3 Å². The number of unbranched alkanes of at least 4 members (excludes halogenated alkanes) is 6. The SMILES string of the molecule is OC(O)(O)CCCCCCCCCc1ccccc1. The summed E-state index contributed by atoms with van der Waals surface area (Å²) in [6, 6.07) is 10.6. The van der Waals surface area contributed by atoms with E-state index in [9.17, 15) is 0 Å². The third-order valence-corrected chi connectivity index (χ3v) is 3.32. The highest BCUT2D eigenvalue weighted by molar-refractivity contribution is 5.14. The molecule has 0 aliphatic heterocycles. The molecule has 0 fully saturated rings. The molecule has 3 N–H and O–H groups in total. The molecular formula is C16H26O3. The molecular weight excluding hydrogens is 240 g/mol. The third-order valence-electron chi connectivity index (χ3n) is 3.32. The average Bonchev–Trinajstić information content (AvgIpc) is 2.37. The second-order valence-corrected chi connectivity index (χ2v) is 5.23. The van der Waals surface area contributed by atoms with Crippen LogP contribution in [0.1, 0.15) is 56.9 Å². The fourth-order valence-electron chi connectivity index (χ4n) is 2.22. The van der Waals surface area contributed by atoms with Gasteiger partial charge in [0.25, 0.3) is 5.97 Å². The van der Waals surface area contributed by atoms with Gasteiger partial charge in [0.1, 0.15) is 0 Å². The van der Waals surface area contributed by atoms with Crippen molar-refractivity contribution in [3.63, 3.8) is 0 Å². The van der Waals surface area contributed by atoms with E-state index in [2.05, 4.69) is 24.3 Å². The van der Waals surface area contributed by atoms with Crippen LogP contribution in [0.3, 0.4) is 0 Å². The topological polar surface area (TPSA) is 60.7 Å². The Hall–Kier alpha value is -0.900. The first-order valence-corrected chi connectivity index (χ1v) is 7.29. The Morgan fingerprint density at radius 2 is 1.21 bits per heavy atom. The van der Waals surface area contributed by atoms with Gasteiger partial charge in [-0.05, 0) is 24.8 Å². The summed E-state index contributed by atoms with van der Waals surface area (Å²) < 4.78 is 0. The summed E-state index contributed by atoms with van der Waals surface area (Å²) in [5.74, 6) is -2.48. The van der Waals surface area contributed by atoms with Gasteiger partial charge in [0, 0.05) is 6.42 Å². The van der Waals surface area contributed by atoms with E-state index in [4.69, 9.17) is 15.3 Å². The Morgan fingerprint density at radius 1 is 0.684 bits per heavy atom. The first-order chi connectivity index (χ1) is 9.08. The first-order valence-electron chi connectivity index (χ1n) is 7.29. The van der Waals surface area contributed by atoms with Gasteiger partial charge >= 0.3 is 0 Å². The minimum atomic E-state index is -2.48. The molecule has 1 aromatic carbocycles. The zero-order chi connectivity index (χ0) is 14.0. The molecule has 0 unspecified atom stereocenters. The van der Waals surface area contributed by atoms with E-state index in [-0.39, 0.29) is 6.42 Å². The predicted molar refractivity (Wildman–Crippen MR) is 76.5 cm³/mol. The Balaban J connectivity index is 1.87. The Bertz CT molecular complexity index is 317. The fraction of sp³-hybridized carbons (Fsp3) is 0.625. The fourth-order valence-corrected chi connectivity index (χ4v) is 2.22. The molecule has 0 amide bonds. The Labute approximate surface area is 115 Å². The van der Waals surface area contributed by atoms with E-state index in [1.807, 2.05) is 6.07 Å². The van der Waals surface area contributed by atoms with Crippen molar-refractivity contribution in [1.29, 1.82) is 0 Å². The zero-order valence-corrected chi connectivity index (χ0v) is 11.6. The summed E-state index contributed by atoms with van der Waals surface area (Å²) >= 11 is 0. The maximum Gasteiger partial charge on any atom is 0.275 e. The van der Waals surface area contributed by atoms with E-state index >= 15 is 0 Å². The maximum absolute atomic E-state index is 8.71. The van der Waals surface area contributed by atoms with Crippen LogP contribution in [0.4, 0.5) is 0 Å². The van der Waals surface area contributed by atoms with E-state index in [1.54, 1.807) is 0 Å². The number of aliphatic hydroxyl groups is 3. The summed E-state index contributed by atoms with van der Waals surface area (Å²) in [5, 5.41) is 26.1. The van der Waals surface area contributed by atoms with E-state index < -0.39 is 5.97 Å². The van der Waals surface area contributed by atoms with Crippen LogP contribution in [0.25, 0.3) is 0 Å². The summed E-state index contributed by atoms with van der Waals surface area (Å²) in [6.45, 7) is 0. The molecule has 1 aromatic rings. The van der Waals surface area contributed by atoms with Crippen molar-refractivity contribution < 1.29 is 15.3 Å². The highest BCUT2D eigenvalue weighted by Crippen LogP contribution is 2.13. The smallest absolute Gasteiger partial charge is 0.275 e. The lowest BCUT2D eigenvalue weighted by Crippen LogP contribution is -2.26. The van der Waals surface area contributed by atoms with Crippen LogP contribution in [0.15, 0.2) is 30.3 Å². The van der Waals surface area contributed by atoms with Crippen LogP contribution in [-0.4, -0.2) is 21.3 Å². The van der Waals surface area contributed by atoms with Gasteiger partial charge in [0.15, 0.2) is 0 Å². The molecule has 0 aromatic heterocycles. The lowest BCUT2D eigenvalue weighted by Gasteiger charge is -2.12. The van der Waals surface area contributed by atoms with Gasteiger partial charge in [-0.1, -0.05) is 62.4 Å². The minimum absolute atomic E-state index is 0.0427. The summed E-state index contributed by atoms with van der Waals surface area (Å²) in [5.41, 5.74) is 1.41. The summed E-state index contributed by atoms with van der Waals surface area (Å²) in [6.07, 6.45) is 8.80. The minimum Gasteiger partial charge on any atom is -0.344 e. The molecule has 0 saturated heterocycles. The van der Waals surface area contributed by atoms with Crippen molar-refractivity contribution in [2.75, 3.05) is 0 Å². The Kier molecular flexibility index (Phi) is 7.72. The average molecular weight is 266 g/mol. The lowest BCUT2D eigenvalue weighted by atomic mass is 10.0. The number of aryl methyl sites for hydroxylation is 1. The summed E-state index contributed by atoms with van der Waals surface area (Å²) in [7, 11) is 0. The molecule has 0 spiro atoms. The van der Waals surface area contributed by atoms with E-state index in [1.165, 1.54) is 31.2 Å². The molecule has 19 heavy (non-hydrogen) atoms. The van der Waals surface area contributed by atoms with Crippen molar-refractivity contribution in [2.24, 2.45) is 0 Å². The molecule has 1 rings (SSSR count). The number of rotatable bonds is 10. The second-order valence-electron chi connectivity index (χ2n) is 5.23. The maximum atomic E-state index is 8.71. The van der Waals surface area contributed by atoms with Crippen LogP contribution in [0.2, 0.25) is 0 Å². The van der Waals surface area contributed by atoms with Crippen molar-refractivity contribution >= 4 is 0 Å². The molecule has 0 aliphatic carbocycles. The lowest BCUT2D eigenvalue weighted by molar-refractivity contribution is -0.315. The summed E-state index contributed by atoms with van der Waals surface area (Å²) in [4.78, 5) is 0. The van der Waals surface area contributed by atoms with Crippen LogP contribution >= 0.6 is 0 Å². The van der Waals surface area contributed by atoms with Gasteiger partial charge in [0.2, 0.25) is 0 Å². The third kappa shape index (κ3) is 9.65. The predicted octanol–water partition coefficient (Wildman–Crippen LogP) is 2.98. The zero-order valence-electron chi connectivity index (χ0n) is 11.6. The normalized spacial score (nSPS) is 11.7. The monoisotopic (exact) mass is 266 g/mol. The van der Waals surface area contributed by atoms with Crippen molar-refractivity contribution in [2.45, 2.75) is 63.8 Å². The highest BCUT2D eigenvalue weighted by atomic mass is 16.7. The van der Waals surface area contributed by atoms with Gasteiger partial charge in [-0.15, -0.1) is 0 Å². The number of hydrogen-bond donors (Lipinski definition) is 3. The van der Waals surface area contributed by atoms with Gasteiger partial charge in [-0.2, -0.15) is 0 Å². The molecule has 0 saturated carbocycles. The van der Waals surface area contributed by atoms with Crippen LogP contribution in [0.5, 0.6) is 0 Å². The molecule has 3 heteroatoms. The quantitative estimate of drug-likeness (QED) is 0.451. The first kappa shape index (κ1) is 16.2. The van der Waals surface area contributed by atoms with Crippen molar-refractivity contribution in [3.05, 3.63) is 35.9 Å². The van der Waals surface area contributed by atoms with Gasteiger partial charge in [-0.25, -0.2) is 0 Å². The van der Waals surface area contributed by atoms with Crippen LogP contribution < -0.4 is 0 Å². The van der Waals surface area contributed by atoms with Gasteiger partial charge in [-0.3, -0.25) is 0 Å². The number of benzene rings is 1. The molecule has 0 bridgehead atoms. The molecule has 0 atom stereocenters. The molecule has 0 radical (unpaired) electrons. The Morgan fingerprint density at radius 3 is 1.79 bits per heavy atom. The van der Waals surface area contributed by atoms with E-state index in [0.717, 1.165) is 19.3 Å². The van der Waals surface area contributed by atoms with Crippen LogP contribution in [-0.2, 0) is 6.42 Å². The van der Waals surface area contributed by atoms with Crippen LogP contribution in [0, 0.1) is 0 Å². The van der Waals surface area contributed by atoms with Crippen molar-refractivity contribution in [1.82, 2.24) is 0 Å². The van der Waals surface area contributed by atoms with E-state index in [0.29, 0.717) is 6.42 Å². The van der Waals surface area contributed by atoms with Crippen molar-refractivity contribution in [3.8, 4) is 0 Å². The largest absolute Gasteiger partial charge is 0.344 e. The number of hydrogen-bond acceptors (Lipinski definition) is 3. The second kappa shape index (κ2) is 9.08. The molecule has 0 aliphatic rings. The molecule has 108 valence electrons. The highest BCUT2D eigenvalue weighted by Gasteiger charge is 2.16.